The molecule has 0 bridgehead atoms. The highest BCUT2D eigenvalue weighted by atomic mass is 16.3. The van der Waals surface area contributed by atoms with Crippen molar-refractivity contribution >= 4 is 5.91 Å². The molecular formula is C19H26N6O2. The molecule has 0 radical (unpaired) electrons. The van der Waals surface area contributed by atoms with Gasteiger partial charge in [0.05, 0.1) is 12.5 Å². The molecule has 8 nitrogen and oxygen atoms in total. The number of carbonyl (C=O) groups is 1. The number of aliphatic hydroxyl groups is 1. The molecule has 1 unspecified atom stereocenters. The molecule has 2 aliphatic heterocycles. The summed E-state index contributed by atoms with van der Waals surface area (Å²) in [7, 11) is 2.06. The van der Waals surface area contributed by atoms with E-state index < -0.39 is 0 Å². The fourth-order valence-corrected chi connectivity index (χ4v) is 4.48. The summed E-state index contributed by atoms with van der Waals surface area (Å²) in [6.45, 7) is 3.23. The Labute approximate surface area is 158 Å². The van der Waals surface area contributed by atoms with Crippen molar-refractivity contribution < 1.29 is 9.90 Å². The number of likely N-dealkylation sites (N-methyl/N-ethyl adjacent to an activating group) is 1. The van der Waals surface area contributed by atoms with E-state index in [0.717, 1.165) is 51.0 Å². The van der Waals surface area contributed by atoms with Gasteiger partial charge >= 0.3 is 0 Å². The first kappa shape index (κ1) is 18.1. The van der Waals surface area contributed by atoms with E-state index in [9.17, 15) is 9.90 Å². The Morgan fingerprint density at radius 3 is 2.78 bits per heavy atom. The summed E-state index contributed by atoms with van der Waals surface area (Å²) in [4.78, 5) is 25.2. The number of β-amino-alcohol motifs (C(OH)–C–C–N with tert-alkyl or cyclic N) is 1. The highest BCUT2D eigenvalue weighted by molar-refractivity contribution is 5.78. The third-order valence-corrected chi connectivity index (χ3v) is 5.76. The van der Waals surface area contributed by atoms with Gasteiger partial charge < -0.3 is 14.9 Å². The zero-order chi connectivity index (χ0) is 18.9. The Hall–Kier alpha value is -2.32. The van der Waals surface area contributed by atoms with Gasteiger partial charge in [0.25, 0.3) is 0 Å². The molecule has 0 saturated carbocycles. The van der Waals surface area contributed by atoms with E-state index in [1.807, 2.05) is 17.0 Å². The van der Waals surface area contributed by atoms with Crippen molar-refractivity contribution in [3.63, 3.8) is 0 Å². The van der Waals surface area contributed by atoms with Gasteiger partial charge in [-0.15, -0.1) is 0 Å². The minimum absolute atomic E-state index is 0.0759. The maximum absolute atomic E-state index is 12.7. The number of aromatic amines is 1. The van der Waals surface area contributed by atoms with E-state index in [0.29, 0.717) is 11.6 Å². The standard InChI is InChI=1S/C19H26N6O2/c1-24-12-15(26)11-19(13-24)4-8-25(9-5-19)17(27)10-16-21-18(23-22-16)14-2-6-20-7-3-14/h2-3,6-7,15,26H,4-5,8-13H2,1H3,(H,21,22,23). The largest absolute Gasteiger partial charge is 0.392 e. The lowest BCUT2D eigenvalue weighted by atomic mass is 9.71. The van der Waals surface area contributed by atoms with Crippen LogP contribution in [0, 0.1) is 5.41 Å². The summed E-state index contributed by atoms with van der Waals surface area (Å²) in [5.41, 5.74) is 1.02. The van der Waals surface area contributed by atoms with Crippen LogP contribution in [0.1, 0.15) is 25.1 Å². The zero-order valence-corrected chi connectivity index (χ0v) is 15.6. The molecule has 4 heterocycles. The van der Waals surface area contributed by atoms with Gasteiger partial charge in [-0.25, -0.2) is 4.98 Å². The number of amides is 1. The zero-order valence-electron chi connectivity index (χ0n) is 15.6. The second-order valence-corrected chi connectivity index (χ2v) is 7.95. The SMILES string of the molecule is CN1CC(O)CC2(CCN(C(=O)Cc3nc(-c4ccncc4)n[nH]3)CC2)C1. The van der Waals surface area contributed by atoms with Gasteiger partial charge in [0.1, 0.15) is 5.82 Å². The van der Waals surface area contributed by atoms with E-state index in [2.05, 4.69) is 32.1 Å². The number of hydrogen-bond donors (Lipinski definition) is 2. The topological polar surface area (TPSA) is 98.2 Å². The summed E-state index contributed by atoms with van der Waals surface area (Å²) in [6.07, 6.45) is 6.09. The minimum Gasteiger partial charge on any atom is -0.392 e. The van der Waals surface area contributed by atoms with Crippen molar-refractivity contribution in [3.05, 3.63) is 30.4 Å². The van der Waals surface area contributed by atoms with Crippen molar-refractivity contribution in [1.82, 2.24) is 30.0 Å². The Kier molecular flexibility index (Phi) is 4.92. The first-order valence-corrected chi connectivity index (χ1v) is 9.49. The molecule has 2 N–H and O–H groups in total. The van der Waals surface area contributed by atoms with E-state index in [1.165, 1.54) is 0 Å². The van der Waals surface area contributed by atoms with Gasteiger partial charge in [0.2, 0.25) is 5.91 Å². The first-order chi connectivity index (χ1) is 13.0. The number of carbonyl (C=O) groups excluding carboxylic acids is 1. The molecule has 1 spiro atoms. The van der Waals surface area contributed by atoms with Gasteiger partial charge in [-0.2, -0.15) is 5.10 Å². The number of likely N-dealkylation sites (tertiary alicyclic amines) is 2. The van der Waals surface area contributed by atoms with Crippen LogP contribution in [-0.2, 0) is 11.2 Å². The number of H-pyrrole nitrogens is 1. The number of hydrogen-bond acceptors (Lipinski definition) is 6. The number of nitrogens with zero attached hydrogens (tertiary/aromatic N) is 5. The van der Waals surface area contributed by atoms with Crippen LogP contribution in [0.2, 0.25) is 0 Å². The number of aromatic nitrogens is 4. The monoisotopic (exact) mass is 370 g/mol. The second kappa shape index (κ2) is 7.36. The van der Waals surface area contributed by atoms with Gasteiger partial charge in [0, 0.05) is 44.1 Å². The van der Waals surface area contributed by atoms with Crippen molar-refractivity contribution in [3.8, 4) is 11.4 Å². The van der Waals surface area contributed by atoms with Crippen LogP contribution in [-0.4, -0.2) is 80.3 Å². The number of aliphatic hydroxyl groups excluding tert-OH is 1. The Bertz CT molecular complexity index is 773. The first-order valence-electron chi connectivity index (χ1n) is 9.49. The van der Waals surface area contributed by atoms with Crippen LogP contribution in [0.5, 0.6) is 0 Å². The average Bonchev–Trinajstić information content (AvgIpc) is 3.10. The molecule has 0 aliphatic carbocycles. The quantitative estimate of drug-likeness (QED) is 0.826. The Balaban J connectivity index is 1.34. The third kappa shape index (κ3) is 4.01. The fourth-order valence-electron chi connectivity index (χ4n) is 4.48. The number of pyridine rings is 1. The number of piperidine rings is 2. The van der Waals surface area contributed by atoms with E-state index in [1.54, 1.807) is 12.4 Å². The van der Waals surface area contributed by atoms with Gasteiger partial charge in [-0.1, -0.05) is 0 Å². The lowest BCUT2D eigenvalue weighted by molar-refractivity contribution is -0.134. The van der Waals surface area contributed by atoms with Crippen molar-refractivity contribution in [2.24, 2.45) is 5.41 Å². The molecule has 2 fully saturated rings. The highest BCUT2D eigenvalue weighted by Crippen LogP contribution is 2.39. The van der Waals surface area contributed by atoms with Crippen LogP contribution < -0.4 is 0 Å². The van der Waals surface area contributed by atoms with E-state index in [-0.39, 0.29) is 23.8 Å². The highest BCUT2D eigenvalue weighted by Gasteiger charge is 2.41. The van der Waals surface area contributed by atoms with Crippen LogP contribution in [0.4, 0.5) is 0 Å². The molecule has 2 saturated heterocycles. The molecule has 27 heavy (non-hydrogen) atoms. The van der Waals surface area contributed by atoms with E-state index >= 15 is 0 Å². The van der Waals surface area contributed by atoms with Crippen LogP contribution >= 0.6 is 0 Å². The minimum atomic E-state index is -0.258. The second-order valence-electron chi connectivity index (χ2n) is 7.95. The predicted molar refractivity (Wildman–Crippen MR) is 99.7 cm³/mol. The van der Waals surface area contributed by atoms with Crippen LogP contribution in [0.3, 0.4) is 0 Å². The molecule has 2 aromatic heterocycles. The van der Waals surface area contributed by atoms with Crippen molar-refractivity contribution in [2.45, 2.75) is 31.8 Å². The summed E-state index contributed by atoms with van der Waals surface area (Å²) >= 11 is 0. The normalized spacial score (nSPS) is 22.9. The van der Waals surface area contributed by atoms with Crippen LogP contribution in [0.25, 0.3) is 11.4 Å². The molecule has 144 valence electrons. The molecule has 1 amide bonds. The summed E-state index contributed by atoms with van der Waals surface area (Å²) in [5, 5.41) is 17.2. The van der Waals surface area contributed by atoms with Crippen LogP contribution in [0.15, 0.2) is 24.5 Å². The predicted octanol–water partition coefficient (Wildman–Crippen LogP) is 0.714. The molecule has 4 rings (SSSR count). The molecule has 2 aromatic rings. The lowest BCUT2D eigenvalue weighted by Gasteiger charge is -2.48. The van der Waals surface area contributed by atoms with E-state index in [4.69, 9.17) is 0 Å². The molecule has 8 heteroatoms. The molecule has 2 aliphatic rings. The third-order valence-electron chi connectivity index (χ3n) is 5.76. The fraction of sp³-hybridized carbons (Fsp3) is 0.579. The molecule has 0 aromatic carbocycles. The van der Waals surface area contributed by atoms with Crippen molar-refractivity contribution in [1.29, 1.82) is 0 Å². The maximum atomic E-state index is 12.7. The average molecular weight is 370 g/mol. The molecule has 1 atom stereocenters. The molecular weight excluding hydrogens is 344 g/mol. The lowest BCUT2D eigenvalue weighted by Crippen LogP contribution is -2.53. The Morgan fingerprint density at radius 1 is 1.33 bits per heavy atom. The summed E-state index contributed by atoms with van der Waals surface area (Å²) in [6, 6.07) is 3.68. The summed E-state index contributed by atoms with van der Waals surface area (Å²) < 4.78 is 0. The van der Waals surface area contributed by atoms with Gasteiger partial charge in [-0.05, 0) is 43.9 Å². The van der Waals surface area contributed by atoms with Gasteiger partial charge in [0.15, 0.2) is 5.82 Å². The number of rotatable bonds is 3. The van der Waals surface area contributed by atoms with Gasteiger partial charge in [-0.3, -0.25) is 14.9 Å². The smallest absolute Gasteiger partial charge is 0.230 e. The number of nitrogens with one attached hydrogen (secondary N) is 1. The van der Waals surface area contributed by atoms with Crippen molar-refractivity contribution in [2.75, 3.05) is 33.2 Å². The Morgan fingerprint density at radius 2 is 2.07 bits per heavy atom. The maximum Gasteiger partial charge on any atom is 0.230 e. The summed E-state index contributed by atoms with van der Waals surface area (Å²) in [5.74, 6) is 1.24.